The number of aromatic nitrogens is 5. The molecular formula is C55H58N10O9S2. The van der Waals surface area contributed by atoms with Gasteiger partial charge in [0.05, 0.1) is 83.7 Å². The number of fused-ring (bicyclic) bond motifs is 5. The number of thiazole rings is 2. The predicted molar refractivity (Wildman–Crippen MR) is 288 cm³/mol. The second kappa shape index (κ2) is 23.2. The van der Waals surface area contributed by atoms with Gasteiger partial charge in [-0.05, 0) is 66.4 Å². The highest BCUT2D eigenvalue weighted by molar-refractivity contribution is 7.23. The summed E-state index contributed by atoms with van der Waals surface area (Å²) in [7, 11) is 1.84. The largest absolute Gasteiger partial charge is 0.491 e. The zero-order valence-electron chi connectivity index (χ0n) is 42.6. The molecule has 3 N–H and O–H groups in total. The molecule has 7 heterocycles. The zero-order valence-corrected chi connectivity index (χ0v) is 44.2. The number of hydrogen-bond acceptors (Lipinski definition) is 16. The van der Waals surface area contributed by atoms with Crippen LogP contribution in [0.3, 0.4) is 0 Å². The van der Waals surface area contributed by atoms with E-state index >= 15 is 0 Å². The van der Waals surface area contributed by atoms with Crippen molar-refractivity contribution in [3.05, 3.63) is 119 Å². The normalized spacial score (nSPS) is 15.8. The number of β-amino-alcohol motifs (C(OH)–C–C–N with tert-alkyl or cyclic N) is 1. The van der Waals surface area contributed by atoms with Crippen molar-refractivity contribution in [2.24, 2.45) is 5.92 Å². The van der Waals surface area contributed by atoms with E-state index < -0.39 is 24.1 Å². The van der Waals surface area contributed by atoms with Crippen LogP contribution in [-0.4, -0.2) is 141 Å². The van der Waals surface area contributed by atoms with E-state index in [9.17, 15) is 24.8 Å². The molecular weight excluding hydrogens is 1010 g/mol. The van der Waals surface area contributed by atoms with E-state index in [0.29, 0.717) is 81.0 Å². The number of pyridine rings is 1. The number of aliphatic hydroxyl groups excluding tert-OH is 1. The molecule has 3 atom stereocenters. The van der Waals surface area contributed by atoms with Gasteiger partial charge in [0.15, 0.2) is 4.96 Å². The molecule has 0 bridgehead atoms. The number of hydrogen-bond donors (Lipinski definition) is 3. The first-order valence-corrected chi connectivity index (χ1v) is 26.9. The monoisotopic (exact) mass is 1070 g/mol. The van der Waals surface area contributed by atoms with Gasteiger partial charge in [-0.15, -0.1) is 11.3 Å². The van der Waals surface area contributed by atoms with Gasteiger partial charge in [0.1, 0.15) is 59.6 Å². The third kappa shape index (κ3) is 11.0. The van der Waals surface area contributed by atoms with Gasteiger partial charge in [0, 0.05) is 56.6 Å². The van der Waals surface area contributed by atoms with E-state index in [-0.39, 0.29) is 43.8 Å². The summed E-state index contributed by atoms with van der Waals surface area (Å²) in [6, 6.07) is 23.0. The lowest BCUT2D eigenvalue weighted by Gasteiger charge is -2.35. The second-order valence-electron chi connectivity index (χ2n) is 18.8. The van der Waals surface area contributed by atoms with Gasteiger partial charge in [-0.1, -0.05) is 55.5 Å². The van der Waals surface area contributed by atoms with Crippen LogP contribution >= 0.6 is 22.7 Å². The Hall–Kier alpha value is -7.45. The molecule has 394 valence electrons. The molecule has 76 heavy (non-hydrogen) atoms. The summed E-state index contributed by atoms with van der Waals surface area (Å²) in [5, 5.41) is 26.3. The number of ether oxygens (including phenoxy) is 5. The lowest BCUT2D eigenvalue weighted by molar-refractivity contribution is -0.143. The molecule has 2 aliphatic rings. The minimum atomic E-state index is -0.915. The molecule has 0 radical (unpaired) electrons. The first kappa shape index (κ1) is 52.0. The van der Waals surface area contributed by atoms with Crippen LogP contribution in [0.1, 0.15) is 53.0 Å². The van der Waals surface area contributed by atoms with Crippen LogP contribution in [0.25, 0.3) is 42.7 Å². The van der Waals surface area contributed by atoms with Gasteiger partial charge in [-0.3, -0.25) is 23.2 Å². The van der Waals surface area contributed by atoms with E-state index in [2.05, 4.69) is 21.7 Å². The maximum absolute atomic E-state index is 14.3. The topological polar surface area (TPSA) is 219 Å². The summed E-state index contributed by atoms with van der Waals surface area (Å²) in [6.07, 6.45) is 3.00. The maximum Gasteiger partial charge on any atom is 0.255 e. The number of nitrogens with zero attached hydrogens (tertiary/aromatic N) is 8. The fourth-order valence-electron chi connectivity index (χ4n) is 9.80. The number of amides is 3. The molecule has 0 aliphatic carbocycles. The predicted octanol–water partition coefficient (Wildman–Crippen LogP) is 6.98. The van der Waals surface area contributed by atoms with Gasteiger partial charge in [0.2, 0.25) is 11.8 Å². The van der Waals surface area contributed by atoms with Crippen LogP contribution in [0.4, 0.5) is 5.82 Å². The van der Waals surface area contributed by atoms with Gasteiger partial charge >= 0.3 is 0 Å². The number of aliphatic hydroxyl groups is 1. The van der Waals surface area contributed by atoms with Crippen molar-refractivity contribution >= 4 is 67.0 Å². The average Bonchev–Trinajstić information content (AvgIpc) is 4.30. The molecule has 0 spiro atoms. The quantitative estimate of drug-likeness (QED) is 0.0551. The minimum absolute atomic E-state index is 0.00403. The fourth-order valence-corrected chi connectivity index (χ4v) is 11.6. The van der Waals surface area contributed by atoms with Crippen molar-refractivity contribution in [1.82, 2.24) is 38.9 Å². The van der Waals surface area contributed by atoms with E-state index in [4.69, 9.17) is 33.7 Å². The zero-order chi connectivity index (χ0) is 52.9. The molecule has 0 saturated carbocycles. The van der Waals surface area contributed by atoms with Crippen molar-refractivity contribution in [2.75, 3.05) is 71.8 Å². The summed E-state index contributed by atoms with van der Waals surface area (Å²) in [5.41, 5.74) is 9.42. The van der Waals surface area contributed by atoms with Crippen molar-refractivity contribution < 1.29 is 43.2 Å². The van der Waals surface area contributed by atoms with Crippen molar-refractivity contribution in [3.8, 4) is 39.4 Å². The highest BCUT2D eigenvalue weighted by atomic mass is 32.1. The molecule has 8 aromatic rings. The first-order valence-electron chi connectivity index (χ1n) is 25.2. The highest BCUT2D eigenvalue weighted by Gasteiger charge is 2.46. The minimum Gasteiger partial charge on any atom is -0.491 e. The molecule has 2 aliphatic heterocycles. The Morgan fingerprint density at radius 2 is 1.68 bits per heavy atom. The van der Waals surface area contributed by atoms with Crippen molar-refractivity contribution in [2.45, 2.75) is 58.5 Å². The van der Waals surface area contributed by atoms with Crippen molar-refractivity contribution in [3.63, 3.8) is 0 Å². The summed E-state index contributed by atoms with van der Waals surface area (Å²) in [4.78, 5) is 60.5. The van der Waals surface area contributed by atoms with Gasteiger partial charge in [-0.2, -0.15) is 5.26 Å². The SMILES string of the molecule is CNc1c(-c2cn3c(n2)sc2cc(OCCOCCOCCOCCOc4cc(-c5scnc5C)ccc4CNC(=O)[C@@H]4C[C@@H](O)CN4C(=O)[C@H](C(C)C)N4Cc5ccccc5C4=O)ccc23)nc2cc(C#N)ccn12. The van der Waals surface area contributed by atoms with Gasteiger partial charge in [0.25, 0.3) is 5.91 Å². The van der Waals surface area contributed by atoms with Crippen LogP contribution in [-0.2, 0) is 36.9 Å². The number of aryl methyl sites for hydroxylation is 1. The lowest BCUT2D eigenvalue weighted by atomic mass is 10.0. The van der Waals surface area contributed by atoms with Crippen LogP contribution < -0.4 is 20.1 Å². The molecule has 1 fully saturated rings. The van der Waals surface area contributed by atoms with Crippen LogP contribution in [0.15, 0.2) is 90.7 Å². The Morgan fingerprint density at radius 3 is 2.41 bits per heavy atom. The summed E-state index contributed by atoms with van der Waals surface area (Å²) in [6.45, 7) is 8.96. The fraction of sp³-hybridized carbons (Fsp3) is 0.364. The Kier molecular flexibility index (Phi) is 15.9. The molecule has 5 aromatic heterocycles. The molecule has 21 heteroatoms. The Balaban J connectivity index is 0.649. The van der Waals surface area contributed by atoms with E-state index in [1.165, 1.54) is 16.2 Å². The summed E-state index contributed by atoms with van der Waals surface area (Å²) >= 11 is 3.09. The standard InChI is InChI=1S/C55H58N10O9S2/c1-33(2)49(65-29-38-7-5-6-8-41(38)53(65)68)54(69)63-30-39(66)25-44(63)52(67)58-28-37-10-9-36(50-34(3)59-32-75-50)24-45(37)74-22-20-72-18-16-70-15-17-71-19-21-73-40-11-12-43-46(26-40)76-55-60-42(31-64(43)55)48-51(57-4)62-14-13-35(27-56)23-47(62)61-48/h5-14,23-24,26,31-33,39,44,49,57,66H,15-22,25,28-30H2,1-4H3,(H,58,67)/t39-,44+,49+/m1/s1. The maximum atomic E-state index is 14.3. The smallest absolute Gasteiger partial charge is 0.255 e. The summed E-state index contributed by atoms with van der Waals surface area (Å²) in [5.74, 6) is 0.891. The first-order chi connectivity index (χ1) is 37.0. The number of carbonyl (C=O) groups is 3. The number of rotatable bonds is 23. The Labute approximate surface area is 446 Å². The molecule has 3 amide bonds. The van der Waals surface area contributed by atoms with Crippen LogP contribution in [0.2, 0.25) is 0 Å². The Morgan fingerprint density at radius 1 is 0.921 bits per heavy atom. The van der Waals surface area contributed by atoms with E-state index in [1.54, 1.807) is 39.9 Å². The molecule has 10 rings (SSSR count). The highest BCUT2D eigenvalue weighted by Crippen LogP contribution is 2.36. The van der Waals surface area contributed by atoms with Gasteiger partial charge < -0.3 is 49.2 Å². The van der Waals surface area contributed by atoms with Crippen LogP contribution in [0.5, 0.6) is 11.5 Å². The number of likely N-dealkylation sites (tertiary alicyclic amines) is 1. The number of carbonyl (C=O) groups excluding carboxylic acids is 3. The third-order valence-corrected chi connectivity index (χ3v) is 15.5. The summed E-state index contributed by atoms with van der Waals surface area (Å²) < 4.78 is 34.6. The van der Waals surface area contributed by atoms with E-state index in [1.807, 2.05) is 104 Å². The number of imidazole rings is 2. The van der Waals surface area contributed by atoms with Crippen LogP contribution in [0, 0.1) is 24.2 Å². The lowest BCUT2D eigenvalue weighted by Crippen LogP contribution is -2.55. The number of nitrogens with one attached hydrogen (secondary N) is 2. The average molecular weight is 1070 g/mol. The Bertz CT molecular complexity index is 3450. The number of benzene rings is 3. The molecule has 3 aromatic carbocycles. The second-order valence-corrected chi connectivity index (χ2v) is 20.7. The van der Waals surface area contributed by atoms with Gasteiger partial charge in [-0.25, -0.2) is 15.0 Å². The van der Waals surface area contributed by atoms with E-state index in [0.717, 1.165) is 59.7 Å². The molecule has 1 saturated heterocycles. The molecule has 19 nitrogen and oxygen atoms in total. The number of nitriles is 1. The number of anilines is 1. The van der Waals surface area contributed by atoms with Crippen molar-refractivity contribution in [1.29, 1.82) is 5.26 Å². The third-order valence-electron chi connectivity index (χ3n) is 13.5. The molecule has 0 unspecified atom stereocenters.